The van der Waals surface area contributed by atoms with E-state index in [9.17, 15) is 9.18 Å². The molecular formula is C24H26FN7O2. The van der Waals surface area contributed by atoms with E-state index in [0.29, 0.717) is 52.8 Å². The van der Waals surface area contributed by atoms with Crippen LogP contribution in [-0.4, -0.2) is 37.2 Å². The number of aryl methyl sites for hydroxylation is 2. The Balaban J connectivity index is 1.50. The van der Waals surface area contributed by atoms with E-state index in [-0.39, 0.29) is 5.91 Å². The number of amides is 1. The Morgan fingerprint density at radius 3 is 2.76 bits per heavy atom. The second-order valence-electron chi connectivity index (χ2n) is 7.78. The Morgan fingerprint density at radius 2 is 2.03 bits per heavy atom. The number of hydrogen-bond donors (Lipinski definition) is 2. The maximum absolute atomic E-state index is 14.6. The van der Waals surface area contributed by atoms with E-state index >= 15 is 0 Å². The third-order valence-corrected chi connectivity index (χ3v) is 5.26. The van der Waals surface area contributed by atoms with Crippen LogP contribution in [0.3, 0.4) is 0 Å². The van der Waals surface area contributed by atoms with Crippen molar-refractivity contribution in [2.24, 2.45) is 0 Å². The number of halogens is 1. The number of hydrogen-bond acceptors (Lipinski definition) is 7. The average molecular weight is 464 g/mol. The smallest absolute Gasteiger partial charge is 0.257 e. The molecule has 0 radical (unpaired) electrons. The quantitative estimate of drug-likeness (QED) is 0.396. The molecule has 0 saturated carbocycles. The molecule has 4 rings (SSSR count). The van der Waals surface area contributed by atoms with Crippen LogP contribution in [-0.2, 0) is 6.54 Å². The lowest BCUT2D eigenvalue weighted by molar-refractivity contribution is 0.102. The van der Waals surface area contributed by atoms with E-state index in [1.165, 1.54) is 18.3 Å². The zero-order valence-electron chi connectivity index (χ0n) is 19.5. The molecule has 4 aromatic rings. The summed E-state index contributed by atoms with van der Waals surface area (Å²) in [4.78, 5) is 25.7. The molecule has 0 aliphatic rings. The largest absolute Gasteiger partial charge is 0.478 e. The van der Waals surface area contributed by atoms with Gasteiger partial charge in [-0.25, -0.2) is 19.3 Å². The van der Waals surface area contributed by atoms with Crippen molar-refractivity contribution in [3.63, 3.8) is 0 Å². The lowest BCUT2D eigenvalue weighted by Gasteiger charge is -2.17. The molecule has 176 valence electrons. The summed E-state index contributed by atoms with van der Waals surface area (Å²) < 4.78 is 21.8. The van der Waals surface area contributed by atoms with Crippen LogP contribution in [0.1, 0.15) is 48.3 Å². The molecule has 1 amide bonds. The highest BCUT2D eigenvalue weighted by Gasteiger charge is 2.16. The molecule has 10 heteroatoms. The van der Waals surface area contributed by atoms with E-state index in [4.69, 9.17) is 4.74 Å². The first kappa shape index (κ1) is 23.1. The van der Waals surface area contributed by atoms with E-state index in [1.54, 1.807) is 29.9 Å². The summed E-state index contributed by atoms with van der Waals surface area (Å²) in [6, 6.07) is 5.70. The number of nitrogens with one attached hydrogen (secondary N) is 2. The minimum absolute atomic E-state index is 0.348. The number of aromatic nitrogens is 5. The highest BCUT2D eigenvalue weighted by Crippen LogP contribution is 2.25. The summed E-state index contributed by atoms with van der Waals surface area (Å²) in [5, 5.41) is 10.3. The molecule has 0 saturated heterocycles. The van der Waals surface area contributed by atoms with E-state index < -0.39 is 11.9 Å². The fourth-order valence-electron chi connectivity index (χ4n) is 3.51. The number of fused-ring (bicyclic) bond motifs is 1. The van der Waals surface area contributed by atoms with Crippen molar-refractivity contribution in [3.8, 4) is 5.88 Å². The minimum Gasteiger partial charge on any atom is -0.478 e. The summed E-state index contributed by atoms with van der Waals surface area (Å²) in [6.45, 7) is 8.69. The molecule has 1 aromatic carbocycles. The zero-order chi connectivity index (χ0) is 24.2. The number of benzene rings is 1. The maximum Gasteiger partial charge on any atom is 0.257 e. The molecular weight excluding hydrogens is 437 g/mol. The molecule has 1 atom stereocenters. The average Bonchev–Trinajstić information content (AvgIpc) is 3.24. The first-order chi connectivity index (χ1) is 16.4. The predicted molar refractivity (Wildman–Crippen MR) is 128 cm³/mol. The van der Waals surface area contributed by atoms with Crippen LogP contribution in [0.4, 0.5) is 15.9 Å². The van der Waals surface area contributed by atoms with Crippen LogP contribution < -0.4 is 15.4 Å². The molecule has 0 fully saturated rings. The highest BCUT2D eigenvalue weighted by molar-refractivity contribution is 6.04. The lowest BCUT2D eigenvalue weighted by atomic mass is 10.1. The zero-order valence-corrected chi connectivity index (χ0v) is 19.5. The molecule has 3 aromatic heterocycles. The molecule has 0 unspecified atom stereocenters. The Morgan fingerprint density at radius 1 is 1.21 bits per heavy atom. The van der Waals surface area contributed by atoms with Crippen LogP contribution in [0, 0.1) is 12.7 Å². The topological polar surface area (TPSA) is 107 Å². The predicted octanol–water partition coefficient (Wildman–Crippen LogP) is 4.51. The summed E-state index contributed by atoms with van der Waals surface area (Å²) >= 11 is 0. The van der Waals surface area contributed by atoms with E-state index in [0.717, 1.165) is 5.56 Å². The monoisotopic (exact) mass is 463 g/mol. The van der Waals surface area contributed by atoms with Gasteiger partial charge in [-0.15, -0.1) is 0 Å². The third-order valence-electron chi connectivity index (χ3n) is 5.26. The molecule has 2 N–H and O–H groups in total. The Kier molecular flexibility index (Phi) is 6.67. The van der Waals surface area contributed by atoms with Gasteiger partial charge in [-0.05, 0) is 52.0 Å². The van der Waals surface area contributed by atoms with Crippen molar-refractivity contribution in [2.75, 3.05) is 17.2 Å². The van der Waals surface area contributed by atoms with Crippen LogP contribution in [0.5, 0.6) is 5.88 Å². The van der Waals surface area contributed by atoms with Gasteiger partial charge in [0, 0.05) is 29.6 Å². The number of ether oxygens (including phenoxy) is 1. The molecule has 3 heterocycles. The fraction of sp³-hybridized carbons (Fsp3) is 0.292. The Labute approximate surface area is 196 Å². The number of rotatable bonds is 8. The van der Waals surface area contributed by atoms with Crippen molar-refractivity contribution >= 4 is 28.6 Å². The van der Waals surface area contributed by atoms with Gasteiger partial charge in [0.2, 0.25) is 11.5 Å². The first-order valence-corrected chi connectivity index (χ1v) is 11.0. The van der Waals surface area contributed by atoms with Crippen LogP contribution in [0.25, 0.3) is 11.2 Å². The third kappa shape index (κ3) is 4.95. The lowest BCUT2D eigenvalue weighted by Crippen LogP contribution is -2.15. The highest BCUT2D eigenvalue weighted by atomic mass is 19.1. The van der Waals surface area contributed by atoms with Crippen molar-refractivity contribution in [3.05, 3.63) is 65.4 Å². The van der Waals surface area contributed by atoms with E-state index in [1.807, 2.05) is 27.0 Å². The van der Waals surface area contributed by atoms with Gasteiger partial charge in [-0.1, -0.05) is 0 Å². The minimum atomic E-state index is -0.439. The maximum atomic E-state index is 14.6. The van der Waals surface area contributed by atoms with Crippen molar-refractivity contribution in [1.29, 1.82) is 0 Å². The summed E-state index contributed by atoms with van der Waals surface area (Å²) in [6.07, 6.45) is 4.87. The molecule has 0 aliphatic carbocycles. The summed E-state index contributed by atoms with van der Waals surface area (Å²) in [5.41, 5.74) is 3.18. The van der Waals surface area contributed by atoms with Gasteiger partial charge in [0.15, 0.2) is 0 Å². The van der Waals surface area contributed by atoms with Gasteiger partial charge < -0.3 is 15.4 Å². The number of carbonyl (C=O) groups is 1. The second kappa shape index (κ2) is 9.82. The van der Waals surface area contributed by atoms with Gasteiger partial charge in [0.25, 0.3) is 5.91 Å². The number of nitrogens with zero attached hydrogens (tertiary/aromatic N) is 5. The van der Waals surface area contributed by atoms with Gasteiger partial charge in [0.05, 0.1) is 30.6 Å². The van der Waals surface area contributed by atoms with Crippen LogP contribution >= 0.6 is 0 Å². The number of pyridine rings is 1. The fourth-order valence-corrected chi connectivity index (χ4v) is 3.51. The SMILES string of the molecule is CCOc1ncc(C(=O)Nc2ccc(F)c([C@H](C)Nc3cnc4cn(CC)nc4n3)c2)cc1C. The van der Waals surface area contributed by atoms with Gasteiger partial charge in [0.1, 0.15) is 17.2 Å². The molecule has 9 nitrogen and oxygen atoms in total. The van der Waals surface area contributed by atoms with Gasteiger partial charge >= 0.3 is 0 Å². The van der Waals surface area contributed by atoms with Crippen LogP contribution in [0.15, 0.2) is 42.9 Å². The molecule has 34 heavy (non-hydrogen) atoms. The molecule has 0 bridgehead atoms. The summed E-state index contributed by atoms with van der Waals surface area (Å²) in [5.74, 6) is 0.220. The van der Waals surface area contributed by atoms with Gasteiger partial charge in [-0.2, -0.15) is 5.10 Å². The summed E-state index contributed by atoms with van der Waals surface area (Å²) in [7, 11) is 0. The normalized spacial score (nSPS) is 11.9. The Hall–Kier alpha value is -4.08. The second-order valence-corrected chi connectivity index (χ2v) is 7.78. The standard InChI is InChI=1S/C24H26FN7O2/c1-5-32-13-20-22(31-32)30-21(12-26-20)28-15(4)18-10-17(7-8-19(18)25)29-23(33)16-9-14(3)24(27-11-16)34-6-2/h7-13,15H,5-6H2,1-4H3,(H,29,33)(H,28,30,31)/t15-/m0/s1. The van der Waals surface area contributed by atoms with Crippen LogP contribution in [0.2, 0.25) is 0 Å². The van der Waals surface area contributed by atoms with Crippen molar-refractivity contribution in [1.82, 2.24) is 24.7 Å². The number of carbonyl (C=O) groups excluding carboxylic acids is 1. The van der Waals surface area contributed by atoms with Gasteiger partial charge in [-0.3, -0.25) is 9.48 Å². The molecule has 0 aliphatic heterocycles. The molecule has 0 spiro atoms. The number of anilines is 2. The first-order valence-electron chi connectivity index (χ1n) is 11.0. The van der Waals surface area contributed by atoms with Crippen molar-refractivity contribution < 1.29 is 13.9 Å². The Bertz CT molecular complexity index is 1340. The van der Waals surface area contributed by atoms with Crippen molar-refractivity contribution in [2.45, 2.75) is 40.3 Å². The van der Waals surface area contributed by atoms with E-state index in [2.05, 4.69) is 30.7 Å².